The van der Waals surface area contributed by atoms with Gasteiger partial charge in [-0.25, -0.2) is 5.10 Å². The second kappa shape index (κ2) is 4.41. The minimum atomic E-state index is -0.201. The SMILES string of the molecule is Cc1cc(C)c(Nc2ccc(=O)[nH]n2)c(C)c1. The fourth-order valence-electron chi connectivity index (χ4n) is 1.92. The van der Waals surface area contributed by atoms with Crippen molar-refractivity contribution in [3.05, 3.63) is 51.3 Å². The number of hydrogen-bond donors (Lipinski definition) is 2. The van der Waals surface area contributed by atoms with Crippen LogP contribution in [0.5, 0.6) is 0 Å². The quantitative estimate of drug-likeness (QED) is 0.831. The van der Waals surface area contributed by atoms with Gasteiger partial charge < -0.3 is 5.32 Å². The van der Waals surface area contributed by atoms with Crippen molar-refractivity contribution >= 4 is 11.5 Å². The van der Waals surface area contributed by atoms with E-state index in [1.165, 1.54) is 11.6 Å². The molecule has 17 heavy (non-hydrogen) atoms. The lowest BCUT2D eigenvalue weighted by molar-refractivity contribution is 0.993. The molecule has 2 N–H and O–H groups in total. The summed E-state index contributed by atoms with van der Waals surface area (Å²) in [4.78, 5) is 10.9. The molecular formula is C13H15N3O. The summed E-state index contributed by atoms with van der Waals surface area (Å²) in [5.74, 6) is 0.639. The highest BCUT2D eigenvalue weighted by molar-refractivity contribution is 5.64. The lowest BCUT2D eigenvalue weighted by Crippen LogP contribution is -2.08. The summed E-state index contributed by atoms with van der Waals surface area (Å²) >= 11 is 0. The maximum absolute atomic E-state index is 10.9. The first kappa shape index (κ1) is 11.4. The molecule has 0 radical (unpaired) electrons. The van der Waals surface area contributed by atoms with Crippen LogP contribution in [0.3, 0.4) is 0 Å². The first-order valence-corrected chi connectivity index (χ1v) is 5.47. The van der Waals surface area contributed by atoms with Crippen molar-refractivity contribution in [2.75, 3.05) is 5.32 Å². The molecule has 0 amide bonds. The molecule has 2 aromatic rings. The Hall–Kier alpha value is -2.10. The Bertz CT molecular complexity index is 558. The van der Waals surface area contributed by atoms with Gasteiger partial charge in [-0.3, -0.25) is 4.79 Å². The molecule has 0 aliphatic carbocycles. The predicted octanol–water partition coefficient (Wildman–Crippen LogP) is 2.44. The zero-order valence-electron chi connectivity index (χ0n) is 10.2. The van der Waals surface area contributed by atoms with E-state index < -0.39 is 0 Å². The zero-order chi connectivity index (χ0) is 12.4. The molecule has 1 heterocycles. The Morgan fingerprint density at radius 2 is 1.76 bits per heavy atom. The van der Waals surface area contributed by atoms with E-state index in [1.54, 1.807) is 6.07 Å². The Labute approximate surface area is 99.7 Å². The fraction of sp³-hybridized carbons (Fsp3) is 0.231. The number of anilines is 2. The summed E-state index contributed by atoms with van der Waals surface area (Å²) in [5.41, 5.74) is 4.40. The lowest BCUT2D eigenvalue weighted by Gasteiger charge is -2.12. The Morgan fingerprint density at radius 3 is 2.29 bits per heavy atom. The highest BCUT2D eigenvalue weighted by Crippen LogP contribution is 2.24. The number of aromatic nitrogens is 2. The third-order valence-electron chi connectivity index (χ3n) is 2.61. The van der Waals surface area contributed by atoms with E-state index in [1.807, 2.05) is 13.8 Å². The van der Waals surface area contributed by atoms with Crippen LogP contribution >= 0.6 is 0 Å². The highest BCUT2D eigenvalue weighted by Gasteiger charge is 2.04. The zero-order valence-corrected chi connectivity index (χ0v) is 10.2. The van der Waals surface area contributed by atoms with E-state index in [0.717, 1.165) is 16.8 Å². The monoisotopic (exact) mass is 229 g/mol. The van der Waals surface area contributed by atoms with Gasteiger partial charge in [0, 0.05) is 11.8 Å². The fourth-order valence-corrected chi connectivity index (χ4v) is 1.92. The van der Waals surface area contributed by atoms with Crippen LogP contribution in [0.2, 0.25) is 0 Å². The molecule has 1 aromatic heterocycles. The molecule has 0 saturated carbocycles. The maximum Gasteiger partial charge on any atom is 0.264 e. The van der Waals surface area contributed by atoms with Gasteiger partial charge in [0.15, 0.2) is 5.82 Å². The van der Waals surface area contributed by atoms with Crippen molar-refractivity contribution in [1.82, 2.24) is 10.2 Å². The summed E-state index contributed by atoms with van der Waals surface area (Å²) < 4.78 is 0. The summed E-state index contributed by atoms with van der Waals surface area (Å²) in [6.07, 6.45) is 0. The van der Waals surface area contributed by atoms with Crippen LogP contribution in [0.15, 0.2) is 29.1 Å². The van der Waals surface area contributed by atoms with Gasteiger partial charge in [-0.1, -0.05) is 17.7 Å². The summed E-state index contributed by atoms with van der Waals surface area (Å²) in [7, 11) is 0. The van der Waals surface area contributed by atoms with Crippen LogP contribution in [-0.4, -0.2) is 10.2 Å². The number of H-pyrrole nitrogens is 1. The van der Waals surface area contributed by atoms with Gasteiger partial charge in [0.2, 0.25) is 0 Å². The van der Waals surface area contributed by atoms with Crippen LogP contribution in [0.25, 0.3) is 0 Å². The molecule has 0 saturated heterocycles. The number of benzene rings is 1. The minimum Gasteiger partial charge on any atom is -0.338 e. The van der Waals surface area contributed by atoms with Gasteiger partial charge in [-0.2, -0.15) is 5.10 Å². The summed E-state index contributed by atoms with van der Waals surface area (Å²) in [5, 5.41) is 9.55. The van der Waals surface area contributed by atoms with E-state index in [9.17, 15) is 4.79 Å². The molecular weight excluding hydrogens is 214 g/mol. The molecule has 0 atom stereocenters. The van der Waals surface area contributed by atoms with E-state index >= 15 is 0 Å². The number of hydrogen-bond acceptors (Lipinski definition) is 3. The average molecular weight is 229 g/mol. The second-order valence-electron chi connectivity index (χ2n) is 4.21. The lowest BCUT2D eigenvalue weighted by atomic mass is 10.1. The van der Waals surface area contributed by atoms with E-state index in [2.05, 4.69) is 34.6 Å². The number of aromatic amines is 1. The smallest absolute Gasteiger partial charge is 0.264 e. The molecule has 4 heteroatoms. The topological polar surface area (TPSA) is 57.8 Å². The van der Waals surface area contributed by atoms with Crippen LogP contribution in [-0.2, 0) is 0 Å². The van der Waals surface area contributed by atoms with E-state index in [-0.39, 0.29) is 5.56 Å². The molecule has 0 unspecified atom stereocenters. The van der Waals surface area contributed by atoms with Gasteiger partial charge >= 0.3 is 0 Å². The number of nitrogens with zero attached hydrogens (tertiary/aromatic N) is 1. The number of rotatable bonds is 2. The predicted molar refractivity (Wildman–Crippen MR) is 68.8 cm³/mol. The van der Waals surface area contributed by atoms with Gasteiger partial charge in [0.25, 0.3) is 5.56 Å². The molecule has 1 aromatic carbocycles. The molecule has 0 aliphatic heterocycles. The molecule has 88 valence electrons. The van der Waals surface area contributed by atoms with Gasteiger partial charge in [-0.15, -0.1) is 0 Å². The maximum atomic E-state index is 10.9. The first-order chi connectivity index (χ1) is 8.06. The highest BCUT2D eigenvalue weighted by atomic mass is 16.1. The number of nitrogens with one attached hydrogen (secondary N) is 2. The van der Waals surface area contributed by atoms with Crippen LogP contribution in [0.1, 0.15) is 16.7 Å². The number of aryl methyl sites for hydroxylation is 3. The van der Waals surface area contributed by atoms with Crippen molar-refractivity contribution in [3.63, 3.8) is 0 Å². The third kappa shape index (κ3) is 2.53. The molecule has 0 aliphatic rings. The van der Waals surface area contributed by atoms with Crippen LogP contribution < -0.4 is 10.9 Å². The van der Waals surface area contributed by atoms with Crippen molar-refractivity contribution in [2.24, 2.45) is 0 Å². The normalized spacial score (nSPS) is 10.3. The molecule has 0 spiro atoms. The average Bonchev–Trinajstić information content (AvgIpc) is 2.26. The van der Waals surface area contributed by atoms with Gasteiger partial charge in [0.05, 0.1) is 0 Å². The van der Waals surface area contributed by atoms with Crippen molar-refractivity contribution in [1.29, 1.82) is 0 Å². The minimum absolute atomic E-state index is 0.201. The Kier molecular flexibility index (Phi) is 2.95. The standard InChI is InChI=1S/C13H15N3O/c1-8-6-9(2)13(10(3)7-8)14-11-4-5-12(17)16-15-11/h4-7H,1-3H3,(H,14,15)(H,16,17). The Morgan fingerprint density at radius 1 is 1.12 bits per heavy atom. The van der Waals surface area contributed by atoms with Gasteiger partial charge in [-0.05, 0) is 38.0 Å². The Balaban J connectivity index is 2.36. The van der Waals surface area contributed by atoms with Crippen LogP contribution in [0.4, 0.5) is 11.5 Å². The summed E-state index contributed by atoms with van der Waals surface area (Å²) in [6, 6.07) is 7.34. The molecule has 2 rings (SSSR count). The van der Waals surface area contributed by atoms with E-state index in [0.29, 0.717) is 5.82 Å². The molecule has 0 fully saturated rings. The van der Waals surface area contributed by atoms with E-state index in [4.69, 9.17) is 0 Å². The van der Waals surface area contributed by atoms with Gasteiger partial charge in [0.1, 0.15) is 0 Å². The van der Waals surface area contributed by atoms with Crippen molar-refractivity contribution in [2.45, 2.75) is 20.8 Å². The summed E-state index contributed by atoms with van der Waals surface area (Å²) in [6.45, 7) is 6.17. The van der Waals surface area contributed by atoms with Crippen molar-refractivity contribution < 1.29 is 0 Å². The van der Waals surface area contributed by atoms with Crippen molar-refractivity contribution in [3.8, 4) is 0 Å². The van der Waals surface area contributed by atoms with Crippen LogP contribution in [0, 0.1) is 20.8 Å². The molecule has 0 bridgehead atoms. The second-order valence-corrected chi connectivity index (χ2v) is 4.21. The largest absolute Gasteiger partial charge is 0.338 e. The third-order valence-corrected chi connectivity index (χ3v) is 2.61. The molecule has 4 nitrogen and oxygen atoms in total. The first-order valence-electron chi connectivity index (χ1n) is 5.47.